The van der Waals surface area contributed by atoms with Gasteiger partial charge < -0.3 is 15.1 Å². The molecule has 0 spiro atoms. The zero-order valence-electron chi connectivity index (χ0n) is 9.25. The van der Waals surface area contributed by atoms with Gasteiger partial charge in [-0.05, 0) is 20.4 Å². The van der Waals surface area contributed by atoms with Crippen molar-refractivity contribution in [1.82, 2.24) is 4.90 Å². The summed E-state index contributed by atoms with van der Waals surface area (Å²) in [6, 6.07) is 0.498. The van der Waals surface area contributed by atoms with Crippen LogP contribution < -0.4 is 0 Å². The molecular formula is C10H23NO2. The van der Waals surface area contributed by atoms with E-state index in [9.17, 15) is 0 Å². The van der Waals surface area contributed by atoms with Crippen LogP contribution in [0.3, 0.4) is 0 Å². The van der Waals surface area contributed by atoms with Gasteiger partial charge in [-0.3, -0.25) is 0 Å². The maximum atomic E-state index is 9.10. The van der Waals surface area contributed by atoms with Gasteiger partial charge in [0.2, 0.25) is 0 Å². The van der Waals surface area contributed by atoms with Gasteiger partial charge in [0.05, 0.1) is 13.2 Å². The zero-order chi connectivity index (χ0) is 10.5. The molecule has 0 aliphatic heterocycles. The van der Waals surface area contributed by atoms with E-state index in [1.807, 2.05) is 14.0 Å². The Hall–Kier alpha value is -0.120. The highest BCUT2D eigenvalue weighted by atomic mass is 16.3. The maximum absolute atomic E-state index is 9.10. The van der Waals surface area contributed by atoms with Crippen molar-refractivity contribution in [2.75, 3.05) is 26.8 Å². The molecule has 3 nitrogen and oxygen atoms in total. The van der Waals surface area contributed by atoms with Crippen LogP contribution in [0.25, 0.3) is 0 Å². The van der Waals surface area contributed by atoms with Crippen LogP contribution in [0.1, 0.15) is 27.2 Å². The molecule has 0 aromatic rings. The molecule has 0 fully saturated rings. The average molecular weight is 189 g/mol. The van der Waals surface area contributed by atoms with Gasteiger partial charge in [0, 0.05) is 18.0 Å². The summed E-state index contributed by atoms with van der Waals surface area (Å²) in [4.78, 5) is 2.17. The first-order chi connectivity index (χ1) is 5.99. The van der Waals surface area contributed by atoms with Crippen LogP contribution in [0.5, 0.6) is 0 Å². The van der Waals surface area contributed by atoms with Crippen molar-refractivity contribution < 1.29 is 10.2 Å². The summed E-state index contributed by atoms with van der Waals surface area (Å²) in [5.74, 6) is 0. The molecule has 0 radical (unpaired) electrons. The molecule has 0 rings (SSSR count). The van der Waals surface area contributed by atoms with E-state index < -0.39 is 0 Å². The molecule has 0 aromatic heterocycles. The molecule has 13 heavy (non-hydrogen) atoms. The number of aliphatic hydroxyl groups excluding tert-OH is 2. The summed E-state index contributed by atoms with van der Waals surface area (Å²) in [6.07, 6.45) is 1.09. The standard InChI is InChI=1S/C10H23NO2/c1-5-9(2)11(4)6-10(3,7-12)8-13/h9,12-13H,5-8H2,1-4H3. The Bertz CT molecular complexity index is 135. The van der Waals surface area contributed by atoms with Crippen molar-refractivity contribution in [3.05, 3.63) is 0 Å². The van der Waals surface area contributed by atoms with Gasteiger partial charge in [-0.2, -0.15) is 0 Å². The molecule has 0 saturated carbocycles. The quantitative estimate of drug-likeness (QED) is 0.646. The highest BCUT2D eigenvalue weighted by Gasteiger charge is 2.25. The van der Waals surface area contributed by atoms with Gasteiger partial charge in [-0.15, -0.1) is 0 Å². The van der Waals surface area contributed by atoms with E-state index in [2.05, 4.69) is 18.7 Å². The average Bonchev–Trinajstić information content (AvgIpc) is 2.16. The summed E-state index contributed by atoms with van der Waals surface area (Å²) < 4.78 is 0. The molecule has 1 atom stereocenters. The fourth-order valence-electron chi connectivity index (χ4n) is 1.22. The second kappa shape index (κ2) is 5.58. The smallest absolute Gasteiger partial charge is 0.0519 e. The number of rotatable bonds is 6. The lowest BCUT2D eigenvalue weighted by Crippen LogP contribution is -2.42. The summed E-state index contributed by atoms with van der Waals surface area (Å²) in [6.45, 7) is 6.97. The van der Waals surface area contributed by atoms with E-state index in [1.54, 1.807) is 0 Å². The summed E-state index contributed by atoms with van der Waals surface area (Å²) in [5, 5.41) is 18.2. The fourth-order valence-corrected chi connectivity index (χ4v) is 1.22. The summed E-state index contributed by atoms with van der Waals surface area (Å²) in [7, 11) is 2.03. The number of hydrogen-bond acceptors (Lipinski definition) is 3. The molecule has 0 aromatic carbocycles. The Kier molecular flexibility index (Phi) is 5.53. The lowest BCUT2D eigenvalue weighted by Gasteiger charge is -2.33. The molecule has 80 valence electrons. The highest BCUT2D eigenvalue weighted by molar-refractivity contribution is 4.77. The molecule has 1 unspecified atom stereocenters. The van der Waals surface area contributed by atoms with E-state index >= 15 is 0 Å². The minimum Gasteiger partial charge on any atom is -0.396 e. The van der Waals surface area contributed by atoms with Crippen LogP contribution in [0.4, 0.5) is 0 Å². The molecule has 0 saturated heterocycles. The highest BCUT2D eigenvalue weighted by Crippen LogP contribution is 2.17. The van der Waals surface area contributed by atoms with Crippen LogP contribution >= 0.6 is 0 Å². The van der Waals surface area contributed by atoms with Crippen molar-refractivity contribution in [3.8, 4) is 0 Å². The van der Waals surface area contributed by atoms with E-state index in [-0.39, 0.29) is 18.6 Å². The largest absolute Gasteiger partial charge is 0.396 e. The normalized spacial score (nSPS) is 15.0. The van der Waals surface area contributed by atoms with E-state index in [0.29, 0.717) is 6.04 Å². The number of hydrogen-bond donors (Lipinski definition) is 2. The second-order valence-corrected chi connectivity index (χ2v) is 4.30. The third-order valence-corrected chi connectivity index (χ3v) is 2.74. The SMILES string of the molecule is CCC(C)N(C)CC(C)(CO)CO. The van der Waals surface area contributed by atoms with Crippen molar-refractivity contribution in [2.45, 2.75) is 33.2 Å². The van der Waals surface area contributed by atoms with E-state index in [4.69, 9.17) is 10.2 Å². The first-order valence-electron chi connectivity index (χ1n) is 4.91. The first kappa shape index (κ1) is 12.9. The van der Waals surface area contributed by atoms with Crippen molar-refractivity contribution in [2.24, 2.45) is 5.41 Å². The predicted molar refractivity (Wildman–Crippen MR) is 54.7 cm³/mol. The first-order valence-corrected chi connectivity index (χ1v) is 4.91. The van der Waals surface area contributed by atoms with Gasteiger partial charge >= 0.3 is 0 Å². The van der Waals surface area contributed by atoms with Gasteiger partial charge in [-0.25, -0.2) is 0 Å². The van der Waals surface area contributed by atoms with Gasteiger partial charge in [0.1, 0.15) is 0 Å². The van der Waals surface area contributed by atoms with Crippen molar-refractivity contribution in [3.63, 3.8) is 0 Å². The van der Waals surface area contributed by atoms with Crippen molar-refractivity contribution >= 4 is 0 Å². The monoisotopic (exact) mass is 189 g/mol. The maximum Gasteiger partial charge on any atom is 0.0519 e. The second-order valence-electron chi connectivity index (χ2n) is 4.30. The Morgan fingerprint density at radius 3 is 2.08 bits per heavy atom. The lowest BCUT2D eigenvalue weighted by molar-refractivity contribution is 0.0324. The third-order valence-electron chi connectivity index (χ3n) is 2.74. The zero-order valence-corrected chi connectivity index (χ0v) is 9.25. The van der Waals surface area contributed by atoms with Gasteiger partial charge in [0.25, 0.3) is 0 Å². The Morgan fingerprint density at radius 1 is 1.31 bits per heavy atom. The molecule has 0 aliphatic rings. The molecule has 0 heterocycles. The van der Waals surface area contributed by atoms with Crippen LogP contribution in [0, 0.1) is 5.41 Å². The third kappa shape index (κ3) is 4.07. The summed E-state index contributed by atoms with van der Waals surface area (Å²) in [5.41, 5.74) is -0.377. The molecule has 0 bridgehead atoms. The van der Waals surface area contributed by atoms with Crippen LogP contribution in [0.2, 0.25) is 0 Å². The van der Waals surface area contributed by atoms with Crippen LogP contribution in [-0.4, -0.2) is 48.0 Å². The topological polar surface area (TPSA) is 43.7 Å². The Labute approximate surface area is 81.4 Å². The Balaban J connectivity index is 4.08. The van der Waals surface area contributed by atoms with Crippen molar-refractivity contribution in [1.29, 1.82) is 0 Å². The molecule has 0 amide bonds. The Morgan fingerprint density at radius 2 is 1.77 bits per heavy atom. The predicted octanol–water partition coefficient (Wildman–Crippen LogP) is 0.708. The number of nitrogens with zero attached hydrogens (tertiary/aromatic N) is 1. The van der Waals surface area contributed by atoms with Crippen LogP contribution in [0.15, 0.2) is 0 Å². The summed E-state index contributed by atoms with van der Waals surface area (Å²) >= 11 is 0. The van der Waals surface area contributed by atoms with Gasteiger partial charge in [0.15, 0.2) is 0 Å². The molecule has 3 heteroatoms. The fraction of sp³-hybridized carbons (Fsp3) is 1.00. The van der Waals surface area contributed by atoms with E-state index in [1.165, 1.54) is 0 Å². The lowest BCUT2D eigenvalue weighted by atomic mass is 9.92. The minimum atomic E-state index is -0.377. The molecular weight excluding hydrogens is 166 g/mol. The van der Waals surface area contributed by atoms with Gasteiger partial charge in [-0.1, -0.05) is 13.8 Å². The molecule has 2 N–H and O–H groups in total. The minimum absolute atomic E-state index is 0.0320. The van der Waals surface area contributed by atoms with E-state index in [0.717, 1.165) is 13.0 Å². The molecule has 0 aliphatic carbocycles. The van der Waals surface area contributed by atoms with Crippen LogP contribution in [-0.2, 0) is 0 Å². The number of aliphatic hydroxyl groups is 2.